The van der Waals surface area contributed by atoms with Crippen LogP contribution in [-0.2, 0) is 0 Å². The highest BCUT2D eigenvalue weighted by Crippen LogP contribution is 2.36. The van der Waals surface area contributed by atoms with Crippen molar-refractivity contribution in [2.75, 3.05) is 5.73 Å². The number of hydrogen-bond acceptors (Lipinski definition) is 2. The zero-order chi connectivity index (χ0) is 12.7. The van der Waals surface area contributed by atoms with Crippen molar-refractivity contribution >= 4 is 16.6 Å². The topological polar surface area (TPSA) is 48.0 Å². The molecular weight excluding hydrogens is 224 g/mol. The molecule has 1 saturated carbocycles. The van der Waals surface area contributed by atoms with Gasteiger partial charge in [-0.25, -0.2) is 0 Å². The van der Waals surface area contributed by atoms with Gasteiger partial charge in [-0.3, -0.25) is 9.36 Å². The molecule has 0 bridgehead atoms. The number of nitrogens with zero attached hydrogens (tertiary/aromatic N) is 1. The molecule has 18 heavy (non-hydrogen) atoms. The van der Waals surface area contributed by atoms with E-state index >= 15 is 0 Å². The molecule has 1 aliphatic rings. The fourth-order valence-electron chi connectivity index (χ4n) is 2.85. The fourth-order valence-corrected chi connectivity index (χ4v) is 2.85. The van der Waals surface area contributed by atoms with Gasteiger partial charge in [-0.15, -0.1) is 0 Å². The third kappa shape index (κ3) is 1.62. The van der Waals surface area contributed by atoms with E-state index in [1.807, 2.05) is 30.3 Å². The first-order valence-electron chi connectivity index (χ1n) is 6.58. The highest BCUT2D eigenvalue weighted by Gasteiger charge is 2.27. The molecule has 1 fully saturated rings. The van der Waals surface area contributed by atoms with E-state index in [-0.39, 0.29) is 11.6 Å². The number of hydrogen-bond donors (Lipinski definition) is 1. The molecule has 1 unspecified atom stereocenters. The van der Waals surface area contributed by atoms with E-state index < -0.39 is 0 Å². The molecule has 3 heteroatoms. The Morgan fingerprint density at radius 1 is 1.33 bits per heavy atom. The van der Waals surface area contributed by atoms with Crippen LogP contribution in [0.1, 0.15) is 32.2 Å². The molecule has 2 N–H and O–H groups in total. The summed E-state index contributed by atoms with van der Waals surface area (Å²) in [6, 6.07) is 9.76. The molecule has 2 aromatic rings. The first kappa shape index (κ1) is 11.3. The minimum Gasteiger partial charge on any atom is -0.385 e. The average Bonchev–Trinajstić information content (AvgIpc) is 2.26. The Hall–Kier alpha value is -1.77. The second kappa shape index (κ2) is 4.16. The van der Waals surface area contributed by atoms with E-state index in [0.29, 0.717) is 11.7 Å². The minimum atomic E-state index is 0.0463. The third-order valence-electron chi connectivity index (χ3n) is 4.23. The van der Waals surface area contributed by atoms with Gasteiger partial charge in [0.2, 0.25) is 0 Å². The van der Waals surface area contributed by atoms with Crippen LogP contribution in [0.25, 0.3) is 10.8 Å². The highest BCUT2D eigenvalue weighted by atomic mass is 16.1. The lowest BCUT2D eigenvalue weighted by atomic mass is 9.80. The monoisotopic (exact) mass is 242 g/mol. The molecule has 0 amide bonds. The van der Waals surface area contributed by atoms with Gasteiger partial charge < -0.3 is 5.73 Å². The van der Waals surface area contributed by atoms with Crippen molar-refractivity contribution in [3.63, 3.8) is 0 Å². The van der Waals surface area contributed by atoms with Gasteiger partial charge in [0.15, 0.2) is 0 Å². The number of anilines is 1. The number of fused-ring (bicyclic) bond motifs is 1. The first-order valence-corrected chi connectivity index (χ1v) is 6.58. The molecule has 0 saturated heterocycles. The molecular formula is C15H18N2O. The van der Waals surface area contributed by atoms with E-state index in [0.717, 1.165) is 10.8 Å². The third-order valence-corrected chi connectivity index (χ3v) is 4.23. The van der Waals surface area contributed by atoms with Gasteiger partial charge in [0, 0.05) is 11.4 Å². The molecule has 0 radical (unpaired) electrons. The highest BCUT2D eigenvalue weighted by molar-refractivity contribution is 5.83. The second-order valence-corrected chi connectivity index (χ2v) is 5.26. The summed E-state index contributed by atoms with van der Waals surface area (Å²) in [5, 5.41) is 1.69. The summed E-state index contributed by atoms with van der Waals surface area (Å²) in [6.45, 7) is 2.11. The molecule has 0 aliphatic heterocycles. The van der Waals surface area contributed by atoms with Gasteiger partial charge in [-0.2, -0.15) is 0 Å². The molecule has 3 nitrogen and oxygen atoms in total. The Morgan fingerprint density at radius 2 is 2.06 bits per heavy atom. The zero-order valence-electron chi connectivity index (χ0n) is 10.6. The van der Waals surface area contributed by atoms with Crippen LogP contribution in [0.15, 0.2) is 35.1 Å². The number of benzene rings is 1. The van der Waals surface area contributed by atoms with Crippen LogP contribution in [0.2, 0.25) is 0 Å². The zero-order valence-corrected chi connectivity index (χ0v) is 10.6. The van der Waals surface area contributed by atoms with Crippen molar-refractivity contribution < 1.29 is 0 Å². The number of aromatic nitrogens is 1. The van der Waals surface area contributed by atoms with Crippen LogP contribution >= 0.6 is 0 Å². The van der Waals surface area contributed by atoms with Crippen LogP contribution in [0.4, 0.5) is 5.82 Å². The van der Waals surface area contributed by atoms with Crippen LogP contribution in [0.3, 0.4) is 0 Å². The van der Waals surface area contributed by atoms with E-state index in [1.165, 1.54) is 19.3 Å². The lowest BCUT2D eigenvalue weighted by Crippen LogP contribution is -2.32. The van der Waals surface area contributed by atoms with Gasteiger partial charge in [-0.1, -0.05) is 24.6 Å². The van der Waals surface area contributed by atoms with Gasteiger partial charge >= 0.3 is 0 Å². The molecule has 94 valence electrons. The number of nitrogen functional groups attached to an aromatic ring is 1. The largest absolute Gasteiger partial charge is 0.385 e. The standard InChI is InChI=1S/C15H18N2O/c1-10(11-6-4-7-11)17-14(16)9-12-5-2-3-8-13(12)15(17)18/h2-3,5,8-11H,4,6-7,16H2,1H3. The normalized spacial score (nSPS) is 17.6. The molecule has 3 rings (SSSR count). The summed E-state index contributed by atoms with van der Waals surface area (Å²) >= 11 is 0. The summed E-state index contributed by atoms with van der Waals surface area (Å²) in [4.78, 5) is 12.5. The van der Waals surface area contributed by atoms with E-state index in [9.17, 15) is 4.79 Å². The Kier molecular flexibility index (Phi) is 2.62. The average molecular weight is 242 g/mol. The van der Waals surface area contributed by atoms with Crippen molar-refractivity contribution in [1.29, 1.82) is 0 Å². The summed E-state index contributed by atoms with van der Waals surface area (Å²) < 4.78 is 1.77. The maximum absolute atomic E-state index is 12.5. The Bertz CT molecular complexity index is 640. The smallest absolute Gasteiger partial charge is 0.260 e. The predicted molar refractivity (Wildman–Crippen MR) is 74.7 cm³/mol. The lowest BCUT2D eigenvalue weighted by molar-refractivity contribution is 0.221. The second-order valence-electron chi connectivity index (χ2n) is 5.26. The Balaban J connectivity index is 2.19. The molecule has 1 atom stereocenters. The summed E-state index contributed by atoms with van der Waals surface area (Å²) in [5.74, 6) is 1.18. The minimum absolute atomic E-state index is 0.0463. The summed E-state index contributed by atoms with van der Waals surface area (Å²) in [5.41, 5.74) is 6.11. The first-order chi connectivity index (χ1) is 8.68. The maximum atomic E-state index is 12.5. The van der Waals surface area contributed by atoms with E-state index in [4.69, 9.17) is 5.73 Å². The van der Waals surface area contributed by atoms with Crippen LogP contribution < -0.4 is 11.3 Å². The Labute approximate surface area is 106 Å². The van der Waals surface area contributed by atoms with E-state index in [1.54, 1.807) is 4.57 Å². The van der Waals surface area contributed by atoms with Gasteiger partial charge in [0.25, 0.3) is 5.56 Å². The molecule has 0 spiro atoms. The predicted octanol–water partition coefficient (Wildman–Crippen LogP) is 2.94. The molecule has 1 aliphatic carbocycles. The summed E-state index contributed by atoms with van der Waals surface area (Å²) in [7, 11) is 0. The molecule has 1 aromatic heterocycles. The quantitative estimate of drug-likeness (QED) is 0.880. The van der Waals surface area contributed by atoms with Gasteiger partial charge in [-0.05, 0) is 43.2 Å². The maximum Gasteiger partial charge on any atom is 0.260 e. The van der Waals surface area contributed by atoms with Gasteiger partial charge in [0.05, 0.1) is 0 Å². The van der Waals surface area contributed by atoms with Gasteiger partial charge in [0.1, 0.15) is 5.82 Å². The SMILES string of the molecule is CC(C1CCC1)n1c(N)cc2ccccc2c1=O. The number of rotatable bonds is 2. The van der Waals surface area contributed by atoms with Crippen molar-refractivity contribution in [1.82, 2.24) is 4.57 Å². The van der Waals surface area contributed by atoms with Crippen LogP contribution in [0.5, 0.6) is 0 Å². The van der Waals surface area contributed by atoms with E-state index in [2.05, 4.69) is 6.92 Å². The van der Waals surface area contributed by atoms with Crippen LogP contribution in [0, 0.1) is 5.92 Å². The Morgan fingerprint density at radius 3 is 2.72 bits per heavy atom. The van der Waals surface area contributed by atoms with Crippen LogP contribution in [-0.4, -0.2) is 4.57 Å². The molecule has 1 heterocycles. The lowest BCUT2D eigenvalue weighted by Gasteiger charge is -2.33. The number of nitrogens with two attached hydrogens (primary N) is 1. The molecule has 1 aromatic carbocycles. The van der Waals surface area contributed by atoms with Crippen molar-refractivity contribution in [3.05, 3.63) is 40.7 Å². The van der Waals surface area contributed by atoms with Crippen molar-refractivity contribution in [2.45, 2.75) is 32.2 Å². The van der Waals surface area contributed by atoms with Crippen molar-refractivity contribution in [2.24, 2.45) is 5.92 Å². The fraction of sp³-hybridized carbons (Fsp3) is 0.400. The number of pyridine rings is 1. The van der Waals surface area contributed by atoms with Crippen molar-refractivity contribution in [3.8, 4) is 0 Å². The summed E-state index contributed by atoms with van der Waals surface area (Å²) in [6.07, 6.45) is 3.69.